The first kappa shape index (κ1) is 23.1. The van der Waals surface area contributed by atoms with Crippen molar-refractivity contribution in [1.29, 1.82) is 0 Å². The molecule has 0 bridgehead atoms. The molecule has 0 amide bonds. The molecule has 1 aromatic heterocycles. The van der Waals surface area contributed by atoms with Crippen LogP contribution in [0.1, 0.15) is 48.9 Å². The zero-order valence-electron chi connectivity index (χ0n) is 18.2. The zero-order valence-corrected chi connectivity index (χ0v) is 19.8. The van der Waals surface area contributed by atoms with Crippen molar-refractivity contribution in [3.8, 4) is 0 Å². The largest absolute Gasteiger partial charge is 0.478 e. The fraction of sp³-hybridized carbons (Fsp3) is 0.522. The Morgan fingerprint density at radius 1 is 1.09 bits per heavy atom. The average Bonchev–Trinajstić information content (AvgIpc) is 3.35. The van der Waals surface area contributed by atoms with E-state index in [1.54, 1.807) is 23.6 Å². The molecule has 9 heteroatoms. The number of hydrogen-bond acceptors (Lipinski definition) is 6. The SMILES string of the molecule is O=C(O)c1cc(NS(=O)(=O)c2cccs2)ccc1N1CCC(CCN2CCCCC2)CC1. The van der Waals surface area contributed by atoms with E-state index < -0.39 is 16.0 Å². The molecule has 4 rings (SSSR count). The van der Waals surface area contributed by atoms with Gasteiger partial charge < -0.3 is 14.9 Å². The molecule has 32 heavy (non-hydrogen) atoms. The van der Waals surface area contributed by atoms with E-state index in [-0.39, 0.29) is 15.5 Å². The lowest BCUT2D eigenvalue weighted by atomic mass is 9.92. The van der Waals surface area contributed by atoms with Crippen molar-refractivity contribution in [3.63, 3.8) is 0 Å². The Morgan fingerprint density at radius 2 is 1.84 bits per heavy atom. The molecule has 2 aromatic rings. The van der Waals surface area contributed by atoms with Crippen LogP contribution in [-0.2, 0) is 10.0 Å². The third-order valence-corrected chi connectivity index (χ3v) is 9.28. The van der Waals surface area contributed by atoms with Crippen LogP contribution in [0.2, 0.25) is 0 Å². The summed E-state index contributed by atoms with van der Waals surface area (Å²) < 4.78 is 27.7. The Kier molecular flexibility index (Phi) is 7.37. The van der Waals surface area contributed by atoms with Gasteiger partial charge in [0.15, 0.2) is 0 Å². The highest BCUT2D eigenvalue weighted by molar-refractivity contribution is 7.94. The highest BCUT2D eigenvalue weighted by Crippen LogP contribution is 2.31. The number of carboxylic acids is 1. The van der Waals surface area contributed by atoms with E-state index in [0.29, 0.717) is 11.6 Å². The molecule has 0 atom stereocenters. The summed E-state index contributed by atoms with van der Waals surface area (Å²) in [5.41, 5.74) is 1.05. The number of nitrogens with one attached hydrogen (secondary N) is 1. The number of piperidine rings is 2. The van der Waals surface area contributed by atoms with Crippen LogP contribution in [0.4, 0.5) is 11.4 Å². The lowest BCUT2D eigenvalue weighted by Crippen LogP contribution is -2.37. The Morgan fingerprint density at radius 3 is 2.50 bits per heavy atom. The molecular weight excluding hydrogens is 446 g/mol. The second kappa shape index (κ2) is 10.2. The van der Waals surface area contributed by atoms with Gasteiger partial charge in [-0.2, -0.15) is 0 Å². The van der Waals surface area contributed by atoms with Crippen LogP contribution in [0.3, 0.4) is 0 Å². The fourth-order valence-corrected chi connectivity index (χ4v) is 6.72. The lowest BCUT2D eigenvalue weighted by Gasteiger charge is -2.35. The van der Waals surface area contributed by atoms with Crippen LogP contribution in [-0.4, -0.2) is 57.1 Å². The summed E-state index contributed by atoms with van der Waals surface area (Å²) in [6.45, 7) is 5.27. The molecule has 3 heterocycles. The first-order chi connectivity index (χ1) is 15.4. The number of aromatic carboxylic acids is 1. The van der Waals surface area contributed by atoms with E-state index in [1.807, 2.05) is 0 Å². The topological polar surface area (TPSA) is 89.9 Å². The standard InChI is InChI=1S/C23H31N3O4S2/c27-23(28)20-17-19(24-32(29,30)22-5-4-16-31-22)6-7-21(20)26-14-9-18(10-15-26)8-13-25-11-2-1-3-12-25/h4-7,16-18,24H,1-3,8-15H2,(H,27,28). The van der Waals surface area contributed by atoms with Crippen LogP contribution in [0.25, 0.3) is 0 Å². The molecule has 1 aromatic carbocycles. The molecule has 2 saturated heterocycles. The van der Waals surface area contributed by atoms with Crippen molar-refractivity contribution in [2.45, 2.75) is 42.7 Å². The van der Waals surface area contributed by atoms with E-state index in [0.717, 1.165) is 37.3 Å². The predicted molar refractivity (Wildman–Crippen MR) is 128 cm³/mol. The highest BCUT2D eigenvalue weighted by atomic mass is 32.2. The van der Waals surface area contributed by atoms with Crippen LogP contribution < -0.4 is 9.62 Å². The average molecular weight is 478 g/mol. The monoisotopic (exact) mass is 477 g/mol. The minimum atomic E-state index is -3.72. The molecule has 2 N–H and O–H groups in total. The number of hydrogen-bond donors (Lipinski definition) is 2. The van der Waals surface area contributed by atoms with Gasteiger partial charge in [0.2, 0.25) is 0 Å². The Labute approximate surface area is 194 Å². The molecule has 0 aliphatic carbocycles. The molecule has 0 spiro atoms. The fourth-order valence-electron chi connectivity index (χ4n) is 4.68. The van der Waals surface area contributed by atoms with Crippen LogP contribution in [0, 0.1) is 5.92 Å². The molecular formula is C23H31N3O4S2. The van der Waals surface area contributed by atoms with Gasteiger partial charge in [-0.3, -0.25) is 4.72 Å². The number of nitrogens with zero attached hydrogens (tertiary/aromatic N) is 2. The van der Waals surface area contributed by atoms with E-state index in [1.165, 1.54) is 57.5 Å². The summed E-state index contributed by atoms with van der Waals surface area (Å²) in [5, 5.41) is 11.5. The van der Waals surface area contributed by atoms with Gasteiger partial charge in [-0.05, 0) is 87.3 Å². The van der Waals surface area contributed by atoms with Crippen LogP contribution >= 0.6 is 11.3 Å². The number of likely N-dealkylation sites (tertiary alicyclic amines) is 1. The third kappa shape index (κ3) is 5.63. The first-order valence-corrected chi connectivity index (χ1v) is 13.7. The number of benzene rings is 1. The lowest BCUT2D eigenvalue weighted by molar-refractivity contribution is 0.0697. The Balaban J connectivity index is 1.38. The third-order valence-electron chi connectivity index (χ3n) is 6.50. The zero-order chi connectivity index (χ0) is 22.6. The molecule has 7 nitrogen and oxygen atoms in total. The molecule has 174 valence electrons. The Hall–Kier alpha value is -2.10. The van der Waals surface area contributed by atoms with Gasteiger partial charge in [0.25, 0.3) is 10.0 Å². The van der Waals surface area contributed by atoms with E-state index >= 15 is 0 Å². The number of thiophene rings is 1. The summed E-state index contributed by atoms with van der Waals surface area (Å²) in [7, 11) is -3.72. The second-order valence-electron chi connectivity index (χ2n) is 8.70. The molecule has 2 aliphatic heterocycles. The van der Waals surface area contributed by atoms with E-state index in [4.69, 9.17) is 0 Å². The van der Waals surface area contributed by atoms with Crippen LogP contribution in [0.5, 0.6) is 0 Å². The van der Waals surface area contributed by atoms with Gasteiger partial charge in [-0.25, -0.2) is 13.2 Å². The number of carbonyl (C=O) groups is 1. The summed E-state index contributed by atoms with van der Waals surface area (Å²) >= 11 is 1.12. The van der Waals surface area contributed by atoms with Crippen molar-refractivity contribution >= 4 is 38.7 Å². The number of rotatable bonds is 8. The first-order valence-electron chi connectivity index (χ1n) is 11.3. The second-order valence-corrected chi connectivity index (χ2v) is 11.6. The summed E-state index contributed by atoms with van der Waals surface area (Å²) in [6, 6.07) is 7.99. The van der Waals surface area contributed by atoms with Gasteiger partial charge in [-0.15, -0.1) is 11.3 Å². The molecule has 0 saturated carbocycles. The van der Waals surface area contributed by atoms with Crippen molar-refractivity contribution in [2.75, 3.05) is 42.3 Å². The number of carboxylic acid groups (broad SMARTS) is 1. The quantitative estimate of drug-likeness (QED) is 0.588. The molecule has 0 unspecified atom stereocenters. The molecule has 0 radical (unpaired) electrons. The summed E-state index contributed by atoms with van der Waals surface area (Å²) in [6.07, 6.45) is 7.31. The molecule has 2 aliphatic rings. The summed E-state index contributed by atoms with van der Waals surface area (Å²) in [5.74, 6) is -0.372. The van der Waals surface area contributed by atoms with Gasteiger partial charge in [0, 0.05) is 18.8 Å². The number of sulfonamides is 1. The van der Waals surface area contributed by atoms with Crippen molar-refractivity contribution in [1.82, 2.24) is 4.90 Å². The van der Waals surface area contributed by atoms with Gasteiger partial charge >= 0.3 is 5.97 Å². The van der Waals surface area contributed by atoms with E-state index in [9.17, 15) is 18.3 Å². The van der Waals surface area contributed by atoms with Crippen LogP contribution in [0.15, 0.2) is 39.9 Å². The normalized spacial score (nSPS) is 18.6. The number of anilines is 2. The smallest absolute Gasteiger partial charge is 0.337 e. The van der Waals surface area contributed by atoms with Crippen molar-refractivity contribution < 1.29 is 18.3 Å². The predicted octanol–water partition coefficient (Wildman–Crippen LogP) is 4.34. The maximum absolute atomic E-state index is 12.5. The summed E-state index contributed by atoms with van der Waals surface area (Å²) in [4.78, 5) is 16.6. The minimum Gasteiger partial charge on any atom is -0.478 e. The maximum atomic E-state index is 12.5. The molecule has 2 fully saturated rings. The van der Waals surface area contributed by atoms with E-state index in [2.05, 4.69) is 14.5 Å². The minimum absolute atomic E-state index is 0.128. The van der Waals surface area contributed by atoms with Crippen molar-refractivity contribution in [3.05, 3.63) is 41.3 Å². The van der Waals surface area contributed by atoms with Crippen molar-refractivity contribution in [2.24, 2.45) is 5.92 Å². The van der Waals surface area contributed by atoms with Gasteiger partial charge in [0.1, 0.15) is 4.21 Å². The maximum Gasteiger partial charge on any atom is 0.337 e. The highest BCUT2D eigenvalue weighted by Gasteiger charge is 2.25. The van der Waals surface area contributed by atoms with Gasteiger partial charge in [-0.1, -0.05) is 12.5 Å². The Bertz CT molecular complexity index is 1010. The van der Waals surface area contributed by atoms with Gasteiger partial charge in [0.05, 0.1) is 11.3 Å².